The lowest BCUT2D eigenvalue weighted by atomic mass is 10.2. The summed E-state index contributed by atoms with van der Waals surface area (Å²) in [7, 11) is -0.531. The SMILES string of the molecule is COc1ccc(OC)c(NC(=O)c2cn(-c3ccc(S(=O)(=O)N4CCOCC4)cc3)cn2)c1. The Hall–Kier alpha value is -3.41. The third-order valence-corrected chi connectivity index (χ3v) is 7.13. The zero-order chi connectivity index (χ0) is 23.4. The van der Waals surface area contributed by atoms with Gasteiger partial charge in [0.2, 0.25) is 10.0 Å². The first kappa shape index (κ1) is 22.8. The molecule has 11 heteroatoms. The summed E-state index contributed by atoms with van der Waals surface area (Å²) >= 11 is 0. The fourth-order valence-electron chi connectivity index (χ4n) is 3.41. The van der Waals surface area contributed by atoms with Crippen molar-refractivity contribution in [2.45, 2.75) is 4.90 Å². The van der Waals surface area contributed by atoms with Crippen molar-refractivity contribution in [2.75, 3.05) is 45.8 Å². The van der Waals surface area contributed by atoms with E-state index in [0.717, 1.165) is 0 Å². The molecule has 0 radical (unpaired) electrons. The van der Waals surface area contributed by atoms with E-state index in [1.165, 1.54) is 24.9 Å². The van der Waals surface area contributed by atoms with Crippen molar-refractivity contribution in [3.63, 3.8) is 0 Å². The minimum absolute atomic E-state index is 0.185. The van der Waals surface area contributed by atoms with E-state index in [9.17, 15) is 13.2 Å². The molecule has 1 aliphatic rings. The molecule has 0 atom stereocenters. The molecule has 10 nitrogen and oxygen atoms in total. The number of sulfonamides is 1. The summed E-state index contributed by atoms with van der Waals surface area (Å²) in [5.41, 5.74) is 1.31. The highest BCUT2D eigenvalue weighted by Crippen LogP contribution is 2.29. The van der Waals surface area contributed by atoms with Crippen LogP contribution >= 0.6 is 0 Å². The van der Waals surface area contributed by atoms with Crippen LogP contribution in [0.5, 0.6) is 11.5 Å². The Morgan fingerprint density at radius 2 is 1.79 bits per heavy atom. The first-order valence-corrected chi connectivity index (χ1v) is 11.6. The number of hydrogen-bond acceptors (Lipinski definition) is 7. The topological polar surface area (TPSA) is 112 Å². The Bertz CT molecular complexity index is 1230. The highest BCUT2D eigenvalue weighted by Gasteiger charge is 2.26. The number of ether oxygens (including phenoxy) is 3. The molecule has 2 heterocycles. The summed E-state index contributed by atoms with van der Waals surface area (Å²) in [6, 6.07) is 11.5. The van der Waals surface area contributed by atoms with Crippen LogP contribution in [0.2, 0.25) is 0 Å². The highest BCUT2D eigenvalue weighted by atomic mass is 32.2. The lowest BCUT2D eigenvalue weighted by molar-refractivity contribution is 0.0730. The molecule has 1 fully saturated rings. The van der Waals surface area contributed by atoms with E-state index in [1.807, 2.05) is 0 Å². The molecule has 1 aromatic heterocycles. The molecular formula is C22H24N4O6S. The average molecular weight is 473 g/mol. The normalized spacial score (nSPS) is 14.6. The Balaban J connectivity index is 1.50. The molecule has 1 N–H and O–H groups in total. The molecule has 0 aliphatic carbocycles. The van der Waals surface area contributed by atoms with Gasteiger partial charge in [-0.2, -0.15) is 4.31 Å². The van der Waals surface area contributed by atoms with Crippen molar-refractivity contribution < 1.29 is 27.4 Å². The van der Waals surface area contributed by atoms with Gasteiger partial charge in [-0.25, -0.2) is 13.4 Å². The van der Waals surface area contributed by atoms with Gasteiger partial charge in [0.05, 0.1) is 38.0 Å². The molecule has 3 aromatic rings. The Morgan fingerprint density at radius 1 is 1.06 bits per heavy atom. The van der Waals surface area contributed by atoms with Gasteiger partial charge in [0.1, 0.15) is 23.5 Å². The standard InChI is InChI=1S/C22H24N4O6S/c1-30-17-5-8-21(31-2)19(13-17)24-22(27)20-14-25(15-23-20)16-3-6-18(7-4-16)33(28,29)26-9-11-32-12-10-26/h3-8,13-15H,9-12H2,1-2H3,(H,24,27). The highest BCUT2D eigenvalue weighted by molar-refractivity contribution is 7.89. The minimum atomic E-state index is -3.57. The van der Waals surface area contributed by atoms with Crippen LogP contribution in [0, 0.1) is 0 Å². The molecule has 0 saturated carbocycles. The summed E-state index contributed by atoms with van der Waals surface area (Å²) in [6.07, 6.45) is 3.05. The van der Waals surface area contributed by atoms with Crippen LogP contribution in [-0.4, -0.2) is 68.7 Å². The zero-order valence-corrected chi connectivity index (χ0v) is 19.0. The number of nitrogens with zero attached hydrogens (tertiary/aromatic N) is 3. The number of imidazole rings is 1. The average Bonchev–Trinajstić information content (AvgIpc) is 3.35. The number of hydrogen-bond donors (Lipinski definition) is 1. The summed E-state index contributed by atoms with van der Waals surface area (Å²) in [5, 5.41) is 2.77. The molecule has 1 amide bonds. The molecule has 1 aliphatic heterocycles. The lowest BCUT2D eigenvalue weighted by Crippen LogP contribution is -2.40. The van der Waals surface area contributed by atoms with Crippen LogP contribution in [0.15, 0.2) is 59.9 Å². The van der Waals surface area contributed by atoms with Gasteiger partial charge < -0.3 is 24.1 Å². The molecule has 1 saturated heterocycles. The molecule has 4 rings (SSSR count). The number of amides is 1. The van der Waals surface area contributed by atoms with Crippen molar-refractivity contribution in [1.82, 2.24) is 13.9 Å². The van der Waals surface area contributed by atoms with E-state index in [1.54, 1.807) is 53.2 Å². The van der Waals surface area contributed by atoms with E-state index in [4.69, 9.17) is 14.2 Å². The van der Waals surface area contributed by atoms with E-state index in [0.29, 0.717) is 49.2 Å². The summed E-state index contributed by atoms with van der Waals surface area (Å²) in [4.78, 5) is 17.1. The second kappa shape index (κ2) is 9.61. The fourth-order valence-corrected chi connectivity index (χ4v) is 4.81. The molecule has 174 valence electrons. The summed E-state index contributed by atoms with van der Waals surface area (Å²) < 4.78 is 44.3. The molecular weight excluding hydrogens is 448 g/mol. The van der Waals surface area contributed by atoms with Gasteiger partial charge in [-0.15, -0.1) is 0 Å². The van der Waals surface area contributed by atoms with Crippen molar-refractivity contribution in [3.05, 3.63) is 60.7 Å². The summed E-state index contributed by atoms with van der Waals surface area (Å²) in [5.74, 6) is 0.635. The van der Waals surface area contributed by atoms with Crippen molar-refractivity contribution in [1.29, 1.82) is 0 Å². The lowest BCUT2D eigenvalue weighted by Gasteiger charge is -2.26. The number of methoxy groups -OCH3 is 2. The summed E-state index contributed by atoms with van der Waals surface area (Å²) in [6.45, 7) is 1.45. The number of morpholine rings is 1. The van der Waals surface area contributed by atoms with Gasteiger partial charge in [0.25, 0.3) is 5.91 Å². The van der Waals surface area contributed by atoms with E-state index >= 15 is 0 Å². The number of nitrogens with one attached hydrogen (secondary N) is 1. The largest absolute Gasteiger partial charge is 0.497 e. The number of carbonyl (C=O) groups is 1. The van der Waals surface area contributed by atoms with Crippen LogP contribution in [-0.2, 0) is 14.8 Å². The van der Waals surface area contributed by atoms with Gasteiger partial charge in [-0.05, 0) is 36.4 Å². The number of carbonyl (C=O) groups excluding carboxylic acids is 1. The molecule has 0 bridgehead atoms. The first-order chi connectivity index (χ1) is 15.9. The second-order valence-electron chi connectivity index (χ2n) is 7.20. The fraction of sp³-hybridized carbons (Fsp3) is 0.273. The van der Waals surface area contributed by atoms with Crippen molar-refractivity contribution in [2.24, 2.45) is 0 Å². The minimum Gasteiger partial charge on any atom is -0.497 e. The Morgan fingerprint density at radius 3 is 2.45 bits per heavy atom. The second-order valence-corrected chi connectivity index (χ2v) is 9.13. The van der Waals surface area contributed by atoms with Crippen molar-refractivity contribution >= 4 is 21.6 Å². The van der Waals surface area contributed by atoms with Crippen LogP contribution in [0.25, 0.3) is 5.69 Å². The predicted molar refractivity (Wildman–Crippen MR) is 121 cm³/mol. The number of benzene rings is 2. The number of aromatic nitrogens is 2. The Kier molecular flexibility index (Phi) is 6.63. The van der Waals surface area contributed by atoms with Crippen LogP contribution in [0.1, 0.15) is 10.5 Å². The smallest absolute Gasteiger partial charge is 0.275 e. The number of anilines is 1. The maximum Gasteiger partial charge on any atom is 0.275 e. The van der Waals surface area contributed by atoms with Gasteiger partial charge in [0, 0.05) is 31.0 Å². The number of rotatable bonds is 7. The molecule has 0 unspecified atom stereocenters. The maximum atomic E-state index is 12.8. The Labute approximate surface area is 191 Å². The van der Waals surface area contributed by atoms with Gasteiger partial charge in [0.15, 0.2) is 0 Å². The monoisotopic (exact) mass is 472 g/mol. The van der Waals surface area contributed by atoms with E-state index in [2.05, 4.69) is 10.3 Å². The quantitative estimate of drug-likeness (QED) is 0.561. The molecule has 0 spiro atoms. The maximum absolute atomic E-state index is 12.8. The van der Waals surface area contributed by atoms with Crippen LogP contribution < -0.4 is 14.8 Å². The van der Waals surface area contributed by atoms with Gasteiger partial charge in [-0.3, -0.25) is 4.79 Å². The van der Waals surface area contributed by atoms with Crippen LogP contribution in [0.4, 0.5) is 5.69 Å². The van der Waals surface area contributed by atoms with Gasteiger partial charge >= 0.3 is 0 Å². The predicted octanol–water partition coefficient (Wildman–Crippen LogP) is 2.16. The first-order valence-electron chi connectivity index (χ1n) is 10.2. The van der Waals surface area contributed by atoms with E-state index in [-0.39, 0.29) is 10.6 Å². The van der Waals surface area contributed by atoms with Gasteiger partial charge in [-0.1, -0.05) is 0 Å². The zero-order valence-electron chi connectivity index (χ0n) is 18.2. The third-order valence-electron chi connectivity index (χ3n) is 5.21. The van der Waals surface area contributed by atoms with E-state index < -0.39 is 15.9 Å². The molecule has 2 aromatic carbocycles. The van der Waals surface area contributed by atoms with Crippen molar-refractivity contribution in [3.8, 4) is 17.2 Å². The van der Waals surface area contributed by atoms with Crippen LogP contribution in [0.3, 0.4) is 0 Å². The third kappa shape index (κ3) is 4.85. The molecule has 33 heavy (non-hydrogen) atoms.